The van der Waals surface area contributed by atoms with Gasteiger partial charge in [0.1, 0.15) is 0 Å². The third kappa shape index (κ3) is 11.7. The van der Waals surface area contributed by atoms with Crippen molar-refractivity contribution in [3.63, 3.8) is 0 Å². The molecule has 0 bridgehead atoms. The topological polar surface area (TPSA) is 70.2 Å². The fraction of sp³-hybridized carbons (Fsp3) is 0.714. The van der Waals surface area contributed by atoms with Gasteiger partial charge >= 0.3 is 0 Å². The van der Waals surface area contributed by atoms with Gasteiger partial charge in [-0.05, 0) is 12.5 Å². The summed E-state index contributed by atoms with van der Waals surface area (Å²) in [5.41, 5.74) is 1.83. The van der Waals surface area contributed by atoms with Crippen LogP contribution < -0.4 is 16.0 Å². The Hall–Kier alpha value is -1.53. The Kier molecular flexibility index (Phi) is 15.1. The van der Waals surface area contributed by atoms with E-state index in [9.17, 15) is 9.59 Å². The second kappa shape index (κ2) is 17.8. The highest BCUT2D eigenvalue weighted by Gasteiger charge is 2.31. The minimum atomic E-state index is -0.188. The van der Waals surface area contributed by atoms with Gasteiger partial charge in [0.2, 0.25) is 11.8 Å². The summed E-state index contributed by atoms with van der Waals surface area (Å²) >= 11 is 1.71. The molecule has 1 aliphatic rings. The van der Waals surface area contributed by atoms with Gasteiger partial charge < -0.3 is 10.6 Å². The molecule has 1 aromatic carbocycles. The van der Waals surface area contributed by atoms with Gasteiger partial charge in [-0.15, -0.1) is 11.8 Å². The lowest BCUT2D eigenvalue weighted by Gasteiger charge is -2.17. The van der Waals surface area contributed by atoms with E-state index >= 15 is 0 Å². The second-order valence-electron chi connectivity index (χ2n) is 9.59. The zero-order valence-corrected chi connectivity index (χ0v) is 22.3. The monoisotopic (exact) mass is 489 g/mol. The highest BCUT2D eigenvalue weighted by molar-refractivity contribution is 7.99. The fourth-order valence-corrected chi connectivity index (χ4v) is 5.76. The number of hydrogen-bond donors (Lipinski definition) is 3. The van der Waals surface area contributed by atoms with Crippen molar-refractivity contribution in [1.29, 1.82) is 0 Å². The molecule has 1 heterocycles. The number of thioether (sulfide) groups is 1. The smallest absolute Gasteiger partial charge is 0.238 e. The Balaban J connectivity index is 1.47. The Morgan fingerprint density at radius 3 is 2.03 bits per heavy atom. The first kappa shape index (κ1) is 28.7. The summed E-state index contributed by atoms with van der Waals surface area (Å²) in [5.74, 6) is 0.739. The van der Waals surface area contributed by atoms with Gasteiger partial charge in [0.25, 0.3) is 0 Å². The van der Waals surface area contributed by atoms with Crippen molar-refractivity contribution in [3.05, 3.63) is 29.8 Å². The highest BCUT2D eigenvalue weighted by atomic mass is 32.2. The minimum absolute atomic E-state index is 0.0138. The van der Waals surface area contributed by atoms with E-state index in [2.05, 4.69) is 22.9 Å². The fourth-order valence-electron chi connectivity index (χ4n) is 4.49. The normalized spacial score (nSPS) is 17.6. The van der Waals surface area contributed by atoms with Crippen LogP contribution in [0.5, 0.6) is 0 Å². The zero-order valence-electron chi connectivity index (χ0n) is 21.5. The van der Waals surface area contributed by atoms with E-state index in [4.69, 9.17) is 0 Å². The van der Waals surface area contributed by atoms with E-state index in [1.807, 2.05) is 24.3 Å². The predicted molar refractivity (Wildman–Crippen MR) is 146 cm³/mol. The number of nitrogens with one attached hydrogen (secondary N) is 3. The molecule has 0 radical (unpaired) electrons. The maximum absolute atomic E-state index is 12.6. The number of carbonyl (C=O) groups excluding carboxylic acids is 2. The van der Waals surface area contributed by atoms with Crippen LogP contribution in [0.15, 0.2) is 24.3 Å². The number of hydrogen-bond acceptors (Lipinski definition) is 4. The van der Waals surface area contributed by atoms with Crippen molar-refractivity contribution < 1.29 is 9.59 Å². The van der Waals surface area contributed by atoms with Crippen LogP contribution in [-0.4, -0.2) is 30.2 Å². The van der Waals surface area contributed by atoms with Crippen LogP contribution in [0, 0.1) is 0 Å². The van der Waals surface area contributed by atoms with E-state index in [0.29, 0.717) is 0 Å². The van der Waals surface area contributed by atoms with E-state index < -0.39 is 0 Å². The number of rotatable bonds is 18. The van der Waals surface area contributed by atoms with Crippen LogP contribution in [0.1, 0.15) is 115 Å². The van der Waals surface area contributed by atoms with E-state index in [-0.39, 0.29) is 23.2 Å². The molecule has 2 atom stereocenters. The van der Waals surface area contributed by atoms with Crippen molar-refractivity contribution in [1.82, 2.24) is 10.6 Å². The quantitative estimate of drug-likeness (QED) is 0.195. The van der Waals surface area contributed by atoms with Crippen LogP contribution in [-0.2, 0) is 9.59 Å². The molecular weight excluding hydrogens is 442 g/mol. The molecule has 0 aliphatic carbocycles. The summed E-state index contributed by atoms with van der Waals surface area (Å²) in [7, 11) is 0. The summed E-state index contributed by atoms with van der Waals surface area (Å²) < 4.78 is 0. The molecule has 0 spiro atoms. The molecule has 2 rings (SSSR count). The first-order valence-electron chi connectivity index (χ1n) is 13.6. The molecule has 1 aliphatic heterocycles. The van der Waals surface area contributed by atoms with Crippen LogP contribution >= 0.6 is 11.8 Å². The van der Waals surface area contributed by atoms with E-state index in [1.54, 1.807) is 11.8 Å². The summed E-state index contributed by atoms with van der Waals surface area (Å²) in [4.78, 5) is 24.0. The molecule has 2 amide bonds. The Labute approximate surface area is 212 Å². The lowest BCUT2D eigenvalue weighted by Crippen LogP contribution is -2.42. The molecule has 0 aromatic heterocycles. The Bertz CT molecular complexity index is 713. The van der Waals surface area contributed by atoms with Gasteiger partial charge in [-0.3, -0.25) is 14.9 Å². The number of benzene rings is 1. The van der Waals surface area contributed by atoms with Gasteiger partial charge in [0.15, 0.2) is 0 Å². The molecule has 0 saturated carbocycles. The van der Waals surface area contributed by atoms with Crippen molar-refractivity contribution in [2.24, 2.45) is 0 Å². The van der Waals surface area contributed by atoms with Gasteiger partial charge in [-0.2, -0.15) is 0 Å². The molecule has 5 nitrogen and oxygen atoms in total. The van der Waals surface area contributed by atoms with Crippen molar-refractivity contribution in [2.45, 2.75) is 115 Å². The van der Waals surface area contributed by atoms with Crippen LogP contribution in [0.25, 0.3) is 0 Å². The van der Waals surface area contributed by atoms with Crippen LogP contribution in [0.2, 0.25) is 0 Å². The third-order valence-corrected chi connectivity index (χ3v) is 7.73. The molecular formula is C28H47N3O2S. The summed E-state index contributed by atoms with van der Waals surface area (Å²) in [6, 6.07) is 7.60. The lowest BCUT2D eigenvalue weighted by atomic mass is 10.0. The SMILES string of the molecule is CCCCCCCCCCCCCCCCNC(=O)[C@@H]1CSC(c2ccccc2NC(C)=O)N1. The zero-order chi connectivity index (χ0) is 24.4. The lowest BCUT2D eigenvalue weighted by molar-refractivity contribution is -0.122. The summed E-state index contributed by atoms with van der Waals surface area (Å²) in [6.07, 6.45) is 18.8. The maximum atomic E-state index is 12.6. The standard InChI is InChI=1S/C28H47N3O2S/c1-3-4-5-6-7-8-9-10-11-12-13-14-15-18-21-29-27(33)26-22-34-28(31-26)24-19-16-17-20-25(24)30-23(2)32/h16-17,19-20,26,28,31H,3-15,18,21-22H2,1-2H3,(H,29,33)(H,30,32)/t26-,28?/m0/s1. The number of anilines is 1. The van der Waals surface area contributed by atoms with E-state index in [1.165, 1.54) is 90.4 Å². The van der Waals surface area contributed by atoms with Crippen LogP contribution in [0.3, 0.4) is 0 Å². The number of para-hydroxylation sites is 1. The van der Waals surface area contributed by atoms with Gasteiger partial charge in [-0.1, -0.05) is 109 Å². The Morgan fingerprint density at radius 2 is 1.44 bits per heavy atom. The Morgan fingerprint density at radius 1 is 0.882 bits per heavy atom. The molecule has 6 heteroatoms. The summed E-state index contributed by atoms with van der Waals surface area (Å²) in [6.45, 7) is 4.55. The van der Waals surface area contributed by atoms with Gasteiger partial charge in [-0.25, -0.2) is 0 Å². The van der Waals surface area contributed by atoms with Crippen molar-refractivity contribution >= 4 is 29.3 Å². The van der Waals surface area contributed by atoms with Crippen LogP contribution in [0.4, 0.5) is 5.69 Å². The van der Waals surface area contributed by atoms with Crippen molar-refractivity contribution in [3.8, 4) is 0 Å². The minimum Gasteiger partial charge on any atom is -0.355 e. The number of amides is 2. The molecule has 1 unspecified atom stereocenters. The van der Waals surface area contributed by atoms with Gasteiger partial charge in [0.05, 0.1) is 11.4 Å². The highest BCUT2D eigenvalue weighted by Crippen LogP contribution is 2.36. The second-order valence-corrected chi connectivity index (χ2v) is 10.7. The first-order chi connectivity index (χ1) is 16.6. The molecule has 34 heavy (non-hydrogen) atoms. The third-order valence-electron chi connectivity index (χ3n) is 6.48. The van der Waals surface area contributed by atoms with Crippen molar-refractivity contribution in [2.75, 3.05) is 17.6 Å². The summed E-state index contributed by atoms with van der Waals surface area (Å²) in [5, 5.41) is 9.42. The largest absolute Gasteiger partial charge is 0.355 e. The predicted octanol–water partition coefficient (Wildman–Crippen LogP) is 6.95. The average molecular weight is 490 g/mol. The maximum Gasteiger partial charge on any atom is 0.238 e. The first-order valence-corrected chi connectivity index (χ1v) is 14.7. The molecule has 3 N–H and O–H groups in total. The molecule has 1 fully saturated rings. The van der Waals surface area contributed by atoms with E-state index in [0.717, 1.165) is 30.0 Å². The van der Waals surface area contributed by atoms with Gasteiger partial charge in [0, 0.05) is 30.5 Å². The number of unbranched alkanes of at least 4 members (excludes halogenated alkanes) is 13. The molecule has 1 aromatic rings. The number of carbonyl (C=O) groups is 2. The molecule has 1 saturated heterocycles. The molecule has 192 valence electrons. The average Bonchev–Trinajstić information content (AvgIpc) is 3.32.